The summed E-state index contributed by atoms with van der Waals surface area (Å²) >= 11 is 0. The topological polar surface area (TPSA) is 38.8 Å². The van der Waals surface area contributed by atoms with Crippen molar-refractivity contribution in [2.24, 2.45) is 0 Å². The Morgan fingerprint density at radius 2 is 2.00 bits per heavy atom. The van der Waals surface area contributed by atoms with Crippen LogP contribution in [0.25, 0.3) is 0 Å². The van der Waals surface area contributed by atoms with E-state index >= 15 is 0 Å². The molecule has 0 spiro atoms. The number of rotatable bonds is 3. The van der Waals surface area contributed by atoms with Crippen LogP contribution in [0.15, 0.2) is 18.2 Å². The molecule has 0 radical (unpaired) electrons. The van der Waals surface area contributed by atoms with Crippen LogP contribution in [0.5, 0.6) is 0 Å². The minimum atomic E-state index is -0.113. The Morgan fingerprint density at radius 1 is 1.17 bits per heavy atom. The third-order valence-electron chi connectivity index (χ3n) is 5.24. The Kier molecular flexibility index (Phi) is 3.85. The molecule has 3 fully saturated rings. The van der Waals surface area contributed by atoms with Crippen molar-refractivity contribution in [3.05, 3.63) is 29.6 Å². The monoisotopic (exact) mass is 318 g/mol. The van der Waals surface area contributed by atoms with Crippen molar-refractivity contribution in [2.45, 2.75) is 25.4 Å². The molecule has 23 heavy (non-hydrogen) atoms. The molecule has 124 valence electrons. The molecule has 3 aliphatic rings. The van der Waals surface area contributed by atoms with Gasteiger partial charge in [-0.05, 0) is 25.0 Å². The van der Waals surface area contributed by atoms with E-state index in [1.54, 1.807) is 6.07 Å². The van der Waals surface area contributed by atoms with Crippen LogP contribution in [0.3, 0.4) is 0 Å². The van der Waals surface area contributed by atoms with Gasteiger partial charge in [0.25, 0.3) is 0 Å². The Morgan fingerprint density at radius 3 is 2.83 bits per heavy atom. The van der Waals surface area contributed by atoms with Crippen molar-refractivity contribution in [1.82, 2.24) is 15.1 Å². The third kappa shape index (κ3) is 2.76. The zero-order valence-corrected chi connectivity index (χ0v) is 13.3. The molecular weight excluding hydrogens is 295 g/mol. The maximum atomic E-state index is 14.5. The van der Waals surface area contributed by atoms with E-state index in [0.717, 1.165) is 44.0 Å². The molecule has 1 atom stereocenters. The summed E-state index contributed by atoms with van der Waals surface area (Å²) in [5.41, 5.74) is 1.85. The normalized spacial score (nSPS) is 24.9. The summed E-state index contributed by atoms with van der Waals surface area (Å²) in [6, 6.07) is 5.67. The van der Waals surface area contributed by atoms with Crippen LogP contribution in [0, 0.1) is 5.82 Å². The molecule has 1 N–H and O–H groups in total. The lowest BCUT2D eigenvalue weighted by molar-refractivity contribution is 0.116. The molecule has 4 rings (SSSR count). The molecule has 0 aromatic heterocycles. The highest BCUT2D eigenvalue weighted by Gasteiger charge is 2.35. The minimum Gasteiger partial charge on any atom is -0.371 e. The number of urea groups is 1. The van der Waals surface area contributed by atoms with E-state index in [-0.39, 0.29) is 17.9 Å². The van der Waals surface area contributed by atoms with Gasteiger partial charge in [-0.25, -0.2) is 9.18 Å². The zero-order chi connectivity index (χ0) is 15.8. The molecule has 1 aromatic carbocycles. The number of hydrogen-bond acceptors (Lipinski definition) is 3. The second-order valence-corrected chi connectivity index (χ2v) is 6.70. The number of carbonyl (C=O) groups is 1. The first kappa shape index (κ1) is 14.8. The lowest BCUT2D eigenvalue weighted by Crippen LogP contribution is -2.51. The predicted octanol–water partition coefficient (Wildman–Crippen LogP) is 1.64. The van der Waals surface area contributed by atoms with Gasteiger partial charge in [0.1, 0.15) is 5.82 Å². The minimum absolute atomic E-state index is 0.0401. The van der Waals surface area contributed by atoms with Crippen LogP contribution >= 0.6 is 0 Å². The Balaban J connectivity index is 1.51. The summed E-state index contributed by atoms with van der Waals surface area (Å²) in [4.78, 5) is 18.2. The summed E-state index contributed by atoms with van der Waals surface area (Å²) < 4.78 is 14.5. The van der Waals surface area contributed by atoms with E-state index in [2.05, 4.69) is 15.1 Å². The highest BCUT2D eigenvalue weighted by atomic mass is 19.1. The summed E-state index contributed by atoms with van der Waals surface area (Å²) in [7, 11) is 0. The SMILES string of the molecule is O=C1NC[C@H]2CN(Cc3c(F)cccc3N3CCCC3)CCN12. The van der Waals surface area contributed by atoms with Crippen LogP contribution in [-0.2, 0) is 6.54 Å². The fraction of sp³-hybridized carbons (Fsp3) is 0.588. The second kappa shape index (κ2) is 6.00. The van der Waals surface area contributed by atoms with Gasteiger partial charge in [0, 0.05) is 57.1 Å². The van der Waals surface area contributed by atoms with Gasteiger partial charge in [0.15, 0.2) is 0 Å². The van der Waals surface area contributed by atoms with Gasteiger partial charge >= 0.3 is 6.03 Å². The molecule has 0 saturated carbocycles. The number of fused-ring (bicyclic) bond motifs is 1. The average Bonchev–Trinajstić information content (AvgIpc) is 3.20. The summed E-state index contributed by atoms with van der Waals surface area (Å²) in [6.07, 6.45) is 2.37. The van der Waals surface area contributed by atoms with E-state index in [0.29, 0.717) is 13.1 Å². The van der Waals surface area contributed by atoms with Crippen molar-refractivity contribution in [3.63, 3.8) is 0 Å². The largest absolute Gasteiger partial charge is 0.371 e. The van der Waals surface area contributed by atoms with E-state index in [1.165, 1.54) is 12.8 Å². The van der Waals surface area contributed by atoms with Gasteiger partial charge in [0.05, 0.1) is 6.04 Å². The first-order valence-electron chi connectivity index (χ1n) is 8.51. The van der Waals surface area contributed by atoms with E-state index in [1.807, 2.05) is 17.0 Å². The lowest BCUT2D eigenvalue weighted by Gasteiger charge is -2.37. The van der Waals surface area contributed by atoms with Crippen LogP contribution in [-0.4, -0.2) is 61.1 Å². The number of piperazine rings is 1. The smallest absolute Gasteiger partial charge is 0.317 e. The molecule has 0 unspecified atom stereocenters. The first-order valence-corrected chi connectivity index (χ1v) is 8.51. The average molecular weight is 318 g/mol. The quantitative estimate of drug-likeness (QED) is 0.921. The van der Waals surface area contributed by atoms with E-state index in [9.17, 15) is 9.18 Å². The molecular formula is C17H23FN4O. The molecule has 3 saturated heterocycles. The van der Waals surface area contributed by atoms with Crippen molar-refractivity contribution >= 4 is 11.7 Å². The maximum Gasteiger partial charge on any atom is 0.317 e. The van der Waals surface area contributed by atoms with Gasteiger partial charge in [-0.2, -0.15) is 0 Å². The second-order valence-electron chi connectivity index (χ2n) is 6.70. The molecule has 3 heterocycles. The van der Waals surface area contributed by atoms with Crippen molar-refractivity contribution in [1.29, 1.82) is 0 Å². The molecule has 3 aliphatic heterocycles. The highest BCUT2D eigenvalue weighted by molar-refractivity contribution is 5.77. The third-order valence-corrected chi connectivity index (χ3v) is 5.24. The number of hydrogen-bond donors (Lipinski definition) is 1. The van der Waals surface area contributed by atoms with Crippen LogP contribution < -0.4 is 10.2 Å². The van der Waals surface area contributed by atoms with Crippen molar-refractivity contribution in [3.8, 4) is 0 Å². The van der Waals surface area contributed by atoms with Gasteiger partial charge in [-0.1, -0.05) is 6.07 Å². The summed E-state index contributed by atoms with van der Waals surface area (Å²) in [5.74, 6) is -0.113. The Labute approximate surface area is 136 Å². The van der Waals surface area contributed by atoms with Gasteiger partial charge in [0.2, 0.25) is 0 Å². The van der Waals surface area contributed by atoms with Crippen LogP contribution in [0.2, 0.25) is 0 Å². The van der Waals surface area contributed by atoms with Crippen molar-refractivity contribution < 1.29 is 9.18 Å². The summed E-state index contributed by atoms with van der Waals surface area (Å²) in [6.45, 7) is 5.70. The van der Waals surface area contributed by atoms with Gasteiger partial charge < -0.3 is 15.1 Å². The molecule has 5 nitrogen and oxygen atoms in total. The van der Waals surface area contributed by atoms with Crippen LogP contribution in [0.1, 0.15) is 18.4 Å². The summed E-state index contributed by atoms with van der Waals surface area (Å²) in [5, 5.41) is 2.89. The molecule has 0 aliphatic carbocycles. The number of halogens is 1. The standard InChI is InChI=1S/C17H23FN4O/c18-15-4-3-5-16(21-6-1-2-7-21)14(15)12-20-8-9-22-13(11-20)10-19-17(22)23/h3-5,13H,1-2,6-12H2,(H,19,23)/t13-/m0/s1. The zero-order valence-electron chi connectivity index (χ0n) is 13.3. The number of nitrogens with zero attached hydrogens (tertiary/aromatic N) is 3. The number of amides is 2. The van der Waals surface area contributed by atoms with E-state index < -0.39 is 0 Å². The molecule has 2 amide bonds. The first-order chi connectivity index (χ1) is 11.2. The lowest BCUT2D eigenvalue weighted by atomic mass is 10.1. The number of carbonyl (C=O) groups excluding carboxylic acids is 1. The molecule has 1 aromatic rings. The number of nitrogens with one attached hydrogen (secondary N) is 1. The Hall–Kier alpha value is -1.82. The van der Waals surface area contributed by atoms with Gasteiger partial charge in [-0.3, -0.25) is 4.90 Å². The fourth-order valence-corrected chi connectivity index (χ4v) is 3.99. The van der Waals surface area contributed by atoms with E-state index in [4.69, 9.17) is 0 Å². The molecule has 0 bridgehead atoms. The Bertz CT molecular complexity index is 602. The van der Waals surface area contributed by atoms with Crippen LogP contribution in [0.4, 0.5) is 14.9 Å². The highest BCUT2D eigenvalue weighted by Crippen LogP contribution is 2.28. The fourth-order valence-electron chi connectivity index (χ4n) is 3.99. The van der Waals surface area contributed by atoms with Gasteiger partial charge in [-0.15, -0.1) is 0 Å². The van der Waals surface area contributed by atoms with Crippen molar-refractivity contribution in [2.75, 3.05) is 44.2 Å². The number of benzene rings is 1. The maximum absolute atomic E-state index is 14.5. The predicted molar refractivity (Wildman–Crippen MR) is 87.0 cm³/mol. The number of anilines is 1. The molecule has 6 heteroatoms.